The molecule has 0 heterocycles. The van der Waals surface area contributed by atoms with Crippen molar-refractivity contribution in [3.05, 3.63) is 30.3 Å². The molecule has 0 fully saturated rings. The van der Waals surface area contributed by atoms with Gasteiger partial charge in [-0.1, -0.05) is 45.9 Å². The van der Waals surface area contributed by atoms with Crippen LogP contribution in [0.5, 0.6) is 0 Å². The summed E-state index contributed by atoms with van der Waals surface area (Å²) in [5.41, 5.74) is 6.56. The number of hydrogen-bond donors (Lipinski definition) is 3. The smallest absolute Gasteiger partial charge is 0.246 e. The van der Waals surface area contributed by atoms with Crippen LogP contribution in [0.25, 0.3) is 0 Å². The molecule has 5 heteroatoms. The van der Waals surface area contributed by atoms with Gasteiger partial charge in [0, 0.05) is 5.69 Å². The van der Waals surface area contributed by atoms with Gasteiger partial charge in [-0.15, -0.1) is 0 Å². The molecule has 2 atom stereocenters. The van der Waals surface area contributed by atoms with Crippen LogP contribution < -0.4 is 16.4 Å². The fourth-order valence-corrected chi connectivity index (χ4v) is 2.02. The molecule has 2 amide bonds. The Labute approximate surface area is 132 Å². The first-order valence-electron chi connectivity index (χ1n) is 7.73. The van der Waals surface area contributed by atoms with E-state index in [-0.39, 0.29) is 23.7 Å². The number of carbonyl (C=O) groups is 2. The molecule has 0 aliphatic carbocycles. The number of rotatable bonds is 7. The molecule has 1 rings (SSSR count). The zero-order chi connectivity index (χ0) is 16.7. The Morgan fingerprint density at radius 2 is 1.64 bits per heavy atom. The Kier molecular flexibility index (Phi) is 7.05. The van der Waals surface area contributed by atoms with E-state index in [1.165, 1.54) is 0 Å². The second-order valence-corrected chi connectivity index (χ2v) is 6.32. The van der Waals surface area contributed by atoms with Crippen LogP contribution in [-0.4, -0.2) is 23.9 Å². The Hall–Kier alpha value is -1.88. The number of amides is 2. The highest BCUT2D eigenvalue weighted by atomic mass is 16.2. The first-order chi connectivity index (χ1) is 10.3. The van der Waals surface area contributed by atoms with Gasteiger partial charge in [-0.2, -0.15) is 0 Å². The van der Waals surface area contributed by atoms with Gasteiger partial charge in [-0.3, -0.25) is 9.59 Å². The molecule has 0 aliphatic heterocycles. The minimum atomic E-state index is -0.612. The van der Waals surface area contributed by atoms with Crippen LogP contribution in [0.2, 0.25) is 0 Å². The average Bonchev–Trinajstić information content (AvgIpc) is 2.46. The van der Waals surface area contributed by atoms with Gasteiger partial charge >= 0.3 is 0 Å². The lowest BCUT2D eigenvalue weighted by Crippen LogP contribution is -2.52. The minimum Gasteiger partial charge on any atom is -0.343 e. The van der Waals surface area contributed by atoms with Crippen LogP contribution in [0.15, 0.2) is 30.3 Å². The van der Waals surface area contributed by atoms with Gasteiger partial charge in [0.25, 0.3) is 0 Å². The first-order valence-corrected chi connectivity index (χ1v) is 7.73. The molecule has 1 aromatic carbocycles. The summed E-state index contributed by atoms with van der Waals surface area (Å²) in [6.45, 7) is 7.78. The molecule has 0 aromatic heterocycles. The Balaban J connectivity index is 2.75. The van der Waals surface area contributed by atoms with Gasteiger partial charge in [0.05, 0.1) is 6.04 Å². The first kappa shape index (κ1) is 18.2. The van der Waals surface area contributed by atoms with E-state index in [1.54, 1.807) is 0 Å². The Morgan fingerprint density at radius 1 is 1.05 bits per heavy atom. The highest BCUT2D eigenvalue weighted by Crippen LogP contribution is 2.11. The molecule has 22 heavy (non-hydrogen) atoms. The highest BCUT2D eigenvalue weighted by molar-refractivity contribution is 5.97. The normalized spacial score (nSPS) is 13.8. The van der Waals surface area contributed by atoms with E-state index < -0.39 is 12.1 Å². The topological polar surface area (TPSA) is 84.2 Å². The number of nitrogens with two attached hydrogens (primary N) is 1. The lowest BCUT2D eigenvalue weighted by atomic mass is 10.0. The quantitative estimate of drug-likeness (QED) is 0.533. The summed E-state index contributed by atoms with van der Waals surface area (Å²) in [7, 11) is 0. The predicted molar refractivity (Wildman–Crippen MR) is 89.3 cm³/mol. The lowest BCUT2D eigenvalue weighted by Gasteiger charge is -2.23. The number of nitrogens with one attached hydrogen (secondary N) is 2. The van der Waals surface area contributed by atoms with E-state index in [4.69, 9.17) is 5.73 Å². The Bertz CT molecular complexity index is 486. The van der Waals surface area contributed by atoms with Gasteiger partial charge in [0.2, 0.25) is 11.8 Å². The van der Waals surface area contributed by atoms with Gasteiger partial charge < -0.3 is 16.4 Å². The van der Waals surface area contributed by atoms with Crippen molar-refractivity contribution in [3.63, 3.8) is 0 Å². The molecule has 0 aliphatic rings. The third kappa shape index (κ3) is 5.85. The average molecular weight is 311 g/mol. The SMILES string of the molecule is CC(C)C[C@H](N[13C](=O)[13C@H]([15NH2])[13CH]([13CH3])[13CH3])C(=O)Nc1ccccc1. The largest absolute Gasteiger partial charge is 0.343 e. The van der Waals surface area contributed by atoms with E-state index in [9.17, 15) is 9.59 Å². The van der Waals surface area contributed by atoms with Crippen molar-refractivity contribution in [1.82, 2.24) is 5.32 Å². The van der Waals surface area contributed by atoms with E-state index >= 15 is 0 Å². The molecule has 4 N–H and O–H groups in total. The molecule has 122 valence electrons. The third-order valence-electron chi connectivity index (χ3n) is 3.40. The fraction of sp³-hybridized carbons (Fsp3) is 0.529. The minimum absolute atomic E-state index is 0.0249. The summed E-state index contributed by atoms with van der Waals surface area (Å²) in [5.74, 6) is -0.202. The van der Waals surface area contributed by atoms with E-state index in [1.807, 2.05) is 58.0 Å². The lowest BCUT2D eigenvalue weighted by molar-refractivity contribution is -0.128. The number of anilines is 1. The molecule has 5 nitrogen and oxygen atoms in total. The van der Waals surface area contributed by atoms with Crippen molar-refractivity contribution in [1.29, 1.82) is 0 Å². The molecule has 0 saturated carbocycles. The van der Waals surface area contributed by atoms with Crippen molar-refractivity contribution < 1.29 is 9.59 Å². The summed E-state index contributed by atoms with van der Waals surface area (Å²) in [6, 6.07) is 8.00. The van der Waals surface area contributed by atoms with Crippen molar-refractivity contribution in [2.45, 2.75) is 46.2 Å². The standard InChI is InChI=1S/C17H27N3O2/c1-11(2)10-14(20-17(22)15(18)12(3)4)16(21)19-13-8-6-5-7-9-13/h5-9,11-12,14-15H,10,18H2,1-4H3,(H,19,21)(H,20,22)/t14-,15+/m0/s1/i3+1,4+1,12+1,15+1,17+1,18+1. The molecule has 1 aromatic rings. The van der Waals surface area contributed by atoms with Crippen LogP contribution in [0.4, 0.5) is 5.69 Å². The molecular weight excluding hydrogens is 284 g/mol. The summed E-state index contributed by atoms with van der Waals surface area (Å²) in [4.78, 5) is 24.5. The van der Waals surface area contributed by atoms with E-state index in [0.717, 1.165) is 0 Å². The number of carbonyl (C=O) groups excluding carboxylic acids is 2. The van der Waals surface area contributed by atoms with Gasteiger partial charge in [0.1, 0.15) is 6.04 Å². The van der Waals surface area contributed by atoms with Gasteiger partial charge in [0.15, 0.2) is 0 Å². The molecule has 0 unspecified atom stereocenters. The summed E-state index contributed by atoms with van der Waals surface area (Å²) in [5, 5.41) is 5.60. The van der Waals surface area contributed by atoms with Crippen LogP contribution in [-0.2, 0) is 9.59 Å². The van der Waals surface area contributed by atoms with Crippen LogP contribution >= 0.6 is 0 Å². The fourth-order valence-electron chi connectivity index (χ4n) is 2.02. The predicted octanol–water partition coefficient (Wildman–Crippen LogP) is 2.14. The summed E-state index contributed by atoms with van der Waals surface area (Å²) >= 11 is 0. The van der Waals surface area contributed by atoms with Crippen LogP contribution in [0.1, 0.15) is 34.1 Å². The van der Waals surface area contributed by atoms with Gasteiger partial charge in [-0.05, 0) is 30.4 Å². The summed E-state index contributed by atoms with van der Waals surface area (Å²) < 4.78 is 0. The van der Waals surface area contributed by atoms with Crippen LogP contribution in [0.3, 0.4) is 0 Å². The van der Waals surface area contributed by atoms with Crippen molar-refractivity contribution in [2.75, 3.05) is 5.32 Å². The summed E-state index contributed by atoms with van der Waals surface area (Å²) in [6.07, 6.45) is 0.565. The number of hydrogen-bond acceptors (Lipinski definition) is 3. The van der Waals surface area contributed by atoms with Crippen molar-refractivity contribution >= 4 is 17.5 Å². The molecule has 0 spiro atoms. The molecule has 0 saturated heterocycles. The second-order valence-electron chi connectivity index (χ2n) is 6.32. The maximum absolute atomic E-state index is 12.4. The monoisotopic (exact) mass is 311 g/mol. The third-order valence-corrected chi connectivity index (χ3v) is 3.40. The van der Waals surface area contributed by atoms with Gasteiger partial charge in [-0.25, -0.2) is 0 Å². The zero-order valence-electron chi connectivity index (χ0n) is 13.8. The second kappa shape index (κ2) is 8.54. The van der Waals surface area contributed by atoms with Crippen LogP contribution in [0, 0.1) is 11.8 Å². The maximum atomic E-state index is 12.4. The van der Waals surface area contributed by atoms with Crippen molar-refractivity contribution in [3.8, 4) is 0 Å². The highest BCUT2D eigenvalue weighted by Gasteiger charge is 2.25. The van der Waals surface area contributed by atoms with E-state index in [2.05, 4.69) is 10.6 Å². The molecular formula is C17H27N3O2. The molecule has 0 bridgehead atoms. The van der Waals surface area contributed by atoms with Crippen molar-refractivity contribution in [2.24, 2.45) is 17.6 Å². The van der Waals surface area contributed by atoms with E-state index in [0.29, 0.717) is 12.1 Å². The maximum Gasteiger partial charge on any atom is 0.246 e. The zero-order valence-corrected chi connectivity index (χ0v) is 13.8. The molecule has 0 radical (unpaired) electrons. The number of para-hydroxylation sites is 1. The Morgan fingerprint density at radius 3 is 2.14 bits per heavy atom. The number of benzene rings is 1.